The van der Waals surface area contributed by atoms with E-state index in [2.05, 4.69) is 15.9 Å². The Bertz CT molecular complexity index is 496. The van der Waals surface area contributed by atoms with Gasteiger partial charge in [0.15, 0.2) is 0 Å². The van der Waals surface area contributed by atoms with E-state index in [1.54, 1.807) is 18.1 Å². The van der Waals surface area contributed by atoms with Crippen LogP contribution in [0.2, 0.25) is 0 Å². The van der Waals surface area contributed by atoms with Crippen LogP contribution in [0.5, 0.6) is 0 Å². The SMILES string of the molecule is COC1CCN(c2ccc(Br)cc2C(F)(F)F)C(CN)C1. The fraction of sp³-hybridized carbons (Fsp3) is 0.571. The number of ether oxygens (including phenoxy) is 1. The van der Waals surface area contributed by atoms with E-state index >= 15 is 0 Å². The van der Waals surface area contributed by atoms with Crippen LogP contribution in [0.3, 0.4) is 0 Å². The van der Waals surface area contributed by atoms with Gasteiger partial charge in [-0.05, 0) is 31.0 Å². The molecule has 0 aromatic heterocycles. The van der Waals surface area contributed by atoms with Gasteiger partial charge in [0.1, 0.15) is 0 Å². The van der Waals surface area contributed by atoms with Crippen molar-refractivity contribution < 1.29 is 17.9 Å². The fourth-order valence-electron chi connectivity index (χ4n) is 2.75. The van der Waals surface area contributed by atoms with Gasteiger partial charge < -0.3 is 15.4 Å². The van der Waals surface area contributed by atoms with Crippen molar-refractivity contribution in [2.75, 3.05) is 25.1 Å². The third-order valence-corrected chi connectivity index (χ3v) is 4.34. The summed E-state index contributed by atoms with van der Waals surface area (Å²) in [6, 6.07) is 4.10. The highest BCUT2D eigenvalue weighted by Crippen LogP contribution is 2.40. The third-order valence-electron chi connectivity index (χ3n) is 3.85. The normalized spacial score (nSPS) is 23.4. The number of anilines is 1. The molecule has 1 aliphatic rings. The number of hydrogen-bond acceptors (Lipinski definition) is 3. The van der Waals surface area contributed by atoms with Crippen LogP contribution in [0, 0.1) is 0 Å². The first-order chi connectivity index (χ1) is 9.86. The van der Waals surface area contributed by atoms with Crippen LogP contribution in [0.1, 0.15) is 18.4 Å². The van der Waals surface area contributed by atoms with Crippen LogP contribution < -0.4 is 10.6 Å². The van der Waals surface area contributed by atoms with Crippen LogP contribution in [0.4, 0.5) is 18.9 Å². The molecule has 0 radical (unpaired) electrons. The summed E-state index contributed by atoms with van der Waals surface area (Å²) in [4.78, 5) is 1.75. The molecule has 1 aromatic rings. The predicted molar refractivity (Wildman–Crippen MR) is 79.4 cm³/mol. The average molecular weight is 367 g/mol. The van der Waals surface area contributed by atoms with Gasteiger partial charge in [0, 0.05) is 36.4 Å². The van der Waals surface area contributed by atoms with Crippen molar-refractivity contribution in [1.29, 1.82) is 0 Å². The summed E-state index contributed by atoms with van der Waals surface area (Å²) in [5.41, 5.74) is 5.31. The van der Waals surface area contributed by atoms with Crippen LogP contribution in [0.25, 0.3) is 0 Å². The van der Waals surface area contributed by atoms with E-state index in [0.717, 1.165) is 6.07 Å². The lowest BCUT2D eigenvalue weighted by Crippen LogP contribution is -2.49. The Morgan fingerprint density at radius 1 is 1.43 bits per heavy atom. The minimum Gasteiger partial charge on any atom is -0.381 e. The standard InChI is InChI=1S/C14H18BrF3N2O/c1-21-11-4-5-20(10(7-11)8-19)13-3-2-9(15)6-12(13)14(16,17)18/h2-3,6,10-11H,4-5,7-8,19H2,1H3. The van der Waals surface area contributed by atoms with E-state index in [4.69, 9.17) is 10.5 Å². The Labute approximate surface area is 130 Å². The molecule has 0 saturated carbocycles. The van der Waals surface area contributed by atoms with Gasteiger partial charge in [0.25, 0.3) is 0 Å². The van der Waals surface area contributed by atoms with Gasteiger partial charge in [-0.2, -0.15) is 13.2 Å². The van der Waals surface area contributed by atoms with Crippen molar-refractivity contribution in [2.24, 2.45) is 5.73 Å². The molecule has 2 atom stereocenters. The zero-order chi connectivity index (χ0) is 15.6. The number of halogens is 4. The predicted octanol–water partition coefficient (Wildman–Crippen LogP) is 3.41. The van der Waals surface area contributed by atoms with E-state index in [0.29, 0.717) is 30.4 Å². The molecule has 0 bridgehead atoms. The molecular formula is C14H18BrF3N2O. The molecule has 2 unspecified atom stereocenters. The smallest absolute Gasteiger partial charge is 0.381 e. The summed E-state index contributed by atoms with van der Waals surface area (Å²) in [6.45, 7) is 0.804. The van der Waals surface area contributed by atoms with Gasteiger partial charge in [-0.1, -0.05) is 15.9 Å². The van der Waals surface area contributed by atoms with Gasteiger partial charge in [-0.3, -0.25) is 0 Å². The summed E-state index contributed by atoms with van der Waals surface area (Å²) in [6.07, 6.45) is -3.00. The van der Waals surface area contributed by atoms with E-state index in [1.807, 2.05) is 0 Å². The molecule has 0 aliphatic carbocycles. The highest BCUT2D eigenvalue weighted by Gasteiger charge is 2.37. The number of rotatable bonds is 3. The molecule has 1 heterocycles. The van der Waals surface area contributed by atoms with Gasteiger partial charge in [-0.15, -0.1) is 0 Å². The molecule has 2 rings (SSSR count). The maximum Gasteiger partial charge on any atom is 0.418 e. The number of methoxy groups -OCH3 is 1. The van der Waals surface area contributed by atoms with Crippen molar-refractivity contribution >= 4 is 21.6 Å². The highest BCUT2D eigenvalue weighted by molar-refractivity contribution is 9.10. The zero-order valence-electron chi connectivity index (χ0n) is 11.7. The minimum atomic E-state index is -4.39. The molecule has 7 heteroatoms. The molecule has 0 amide bonds. The lowest BCUT2D eigenvalue weighted by Gasteiger charge is -2.41. The number of benzene rings is 1. The number of alkyl halides is 3. The quantitative estimate of drug-likeness (QED) is 0.890. The van der Waals surface area contributed by atoms with Gasteiger partial charge in [-0.25, -0.2) is 0 Å². The molecule has 2 N–H and O–H groups in total. The number of nitrogens with two attached hydrogens (primary N) is 1. The second-order valence-corrected chi connectivity index (χ2v) is 6.04. The molecule has 1 aliphatic heterocycles. The first-order valence-corrected chi connectivity index (χ1v) is 7.52. The van der Waals surface area contributed by atoms with Crippen LogP contribution in [-0.4, -0.2) is 32.3 Å². The third kappa shape index (κ3) is 3.70. The second-order valence-electron chi connectivity index (χ2n) is 5.12. The topological polar surface area (TPSA) is 38.5 Å². The zero-order valence-corrected chi connectivity index (χ0v) is 13.2. The van der Waals surface area contributed by atoms with Crippen molar-refractivity contribution in [3.63, 3.8) is 0 Å². The lowest BCUT2D eigenvalue weighted by atomic mass is 9.97. The number of nitrogens with zero attached hydrogens (tertiary/aromatic N) is 1. The molecule has 118 valence electrons. The number of piperidine rings is 1. The first kappa shape index (κ1) is 16.6. The van der Waals surface area contributed by atoms with Gasteiger partial charge >= 0.3 is 6.18 Å². The molecule has 21 heavy (non-hydrogen) atoms. The van der Waals surface area contributed by atoms with Crippen LogP contribution >= 0.6 is 15.9 Å². The summed E-state index contributed by atoms with van der Waals surface area (Å²) >= 11 is 3.10. The molecule has 0 spiro atoms. The van der Waals surface area contributed by atoms with E-state index in [9.17, 15) is 13.2 Å². The van der Waals surface area contributed by atoms with Crippen LogP contribution in [-0.2, 0) is 10.9 Å². The van der Waals surface area contributed by atoms with Crippen LogP contribution in [0.15, 0.2) is 22.7 Å². The van der Waals surface area contributed by atoms with E-state index in [-0.39, 0.29) is 17.8 Å². The highest BCUT2D eigenvalue weighted by atomic mass is 79.9. The Morgan fingerprint density at radius 3 is 2.71 bits per heavy atom. The Kier molecular flexibility index (Phi) is 5.16. The summed E-state index contributed by atoms with van der Waals surface area (Å²) in [7, 11) is 1.62. The maximum atomic E-state index is 13.3. The summed E-state index contributed by atoms with van der Waals surface area (Å²) < 4.78 is 45.5. The van der Waals surface area contributed by atoms with Crippen molar-refractivity contribution in [3.05, 3.63) is 28.2 Å². The first-order valence-electron chi connectivity index (χ1n) is 6.73. The Hall–Kier alpha value is -0.790. The minimum absolute atomic E-state index is 0.0552. The molecular weight excluding hydrogens is 349 g/mol. The maximum absolute atomic E-state index is 13.3. The fourth-order valence-corrected chi connectivity index (χ4v) is 3.12. The molecule has 1 fully saturated rings. The lowest BCUT2D eigenvalue weighted by molar-refractivity contribution is -0.137. The second kappa shape index (κ2) is 6.54. The van der Waals surface area contributed by atoms with Gasteiger partial charge in [0.2, 0.25) is 0 Å². The van der Waals surface area contributed by atoms with Crippen molar-refractivity contribution in [3.8, 4) is 0 Å². The average Bonchev–Trinajstić information content (AvgIpc) is 2.45. The number of hydrogen-bond donors (Lipinski definition) is 1. The Balaban J connectivity index is 2.37. The largest absolute Gasteiger partial charge is 0.418 e. The van der Waals surface area contributed by atoms with Crippen molar-refractivity contribution in [1.82, 2.24) is 0 Å². The van der Waals surface area contributed by atoms with E-state index in [1.165, 1.54) is 6.07 Å². The molecule has 1 saturated heterocycles. The molecule has 3 nitrogen and oxygen atoms in total. The Morgan fingerprint density at radius 2 is 2.14 bits per heavy atom. The summed E-state index contributed by atoms with van der Waals surface area (Å²) in [5, 5.41) is 0. The summed E-state index contributed by atoms with van der Waals surface area (Å²) in [5.74, 6) is 0. The monoisotopic (exact) mass is 366 g/mol. The van der Waals surface area contributed by atoms with Crippen molar-refractivity contribution in [2.45, 2.75) is 31.2 Å². The van der Waals surface area contributed by atoms with E-state index < -0.39 is 11.7 Å². The molecule has 1 aromatic carbocycles. The van der Waals surface area contributed by atoms with Gasteiger partial charge in [0.05, 0.1) is 11.7 Å².